The van der Waals surface area contributed by atoms with E-state index in [1.165, 1.54) is 16.5 Å². The van der Waals surface area contributed by atoms with Crippen LogP contribution in [-0.4, -0.2) is 52.8 Å². The van der Waals surface area contributed by atoms with Crippen molar-refractivity contribution >= 4 is 22.7 Å². The quantitative estimate of drug-likeness (QED) is 0.774. The molecule has 3 rings (SSSR count). The number of aromatic nitrogens is 1. The number of hydrogen-bond acceptors (Lipinski definition) is 2. The van der Waals surface area contributed by atoms with E-state index in [2.05, 4.69) is 37.0 Å². The Labute approximate surface area is 161 Å². The van der Waals surface area contributed by atoms with Gasteiger partial charge in [-0.1, -0.05) is 25.0 Å². The Balaban J connectivity index is 1.60. The van der Waals surface area contributed by atoms with E-state index in [1.807, 2.05) is 22.9 Å². The Hall–Kier alpha value is -2.30. The summed E-state index contributed by atoms with van der Waals surface area (Å²) in [7, 11) is 0. The molecule has 5 nitrogen and oxygen atoms in total. The lowest BCUT2D eigenvalue weighted by Gasteiger charge is -2.24. The minimum absolute atomic E-state index is 0.107. The maximum Gasteiger partial charge on any atom is 0.227 e. The highest BCUT2D eigenvalue weighted by Crippen LogP contribution is 2.23. The molecular weight excluding hydrogens is 338 g/mol. The van der Waals surface area contributed by atoms with Gasteiger partial charge in [0.2, 0.25) is 11.8 Å². The van der Waals surface area contributed by atoms with E-state index in [0.717, 1.165) is 37.9 Å². The lowest BCUT2D eigenvalue weighted by Crippen LogP contribution is -2.38. The molecule has 0 aliphatic carbocycles. The van der Waals surface area contributed by atoms with Crippen molar-refractivity contribution in [2.24, 2.45) is 5.92 Å². The third-order valence-electron chi connectivity index (χ3n) is 5.61. The lowest BCUT2D eigenvalue weighted by atomic mass is 10.1. The second kappa shape index (κ2) is 8.59. The van der Waals surface area contributed by atoms with Gasteiger partial charge in [-0.05, 0) is 44.4 Å². The molecule has 5 heteroatoms. The van der Waals surface area contributed by atoms with Crippen LogP contribution in [0.15, 0.2) is 24.4 Å². The zero-order valence-electron chi connectivity index (χ0n) is 16.8. The summed E-state index contributed by atoms with van der Waals surface area (Å²) >= 11 is 0. The number of unbranched alkanes of at least 4 members (excludes halogenated alkanes) is 1. The van der Waals surface area contributed by atoms with Crippen molar-refractivity contribution in [3.8, 4) is 0 Å². The summed E-state index contributed by atoms with van der Waals surface area (Å²) < 4.78 is 0. The summed E-state index contributed by atoms with van der Waals surface area (Å²) in [6.07, 6.45) is 5.29. The zero-order chi connectivity index (χ0) is 19.4. The van der Waals surface area contributed by atoms with Gasteiger partial charge in [0.25, 0.3) is 0 Å². The number of aryl methyl sites for hydroxylation is 1. The highest BCUT2D eigenvalue weighted by molar-refractivity contribution is 5.89. The molecule has 27 heavy (non-hydrogen) atoms. The molecule has 1 atom stereocenters. The minimum atomic E-state index is -0.181. The smallest absolute Gasteiger partial charge is 0.227 e. The minimum Gasteiger partial charge on any atom is -0.361 e. The fourth-order valence-electron chi connectivity index (χ4n) is 3.94. The lowest BCUT2D eigenvalue weighted by molar-refractivity contribution is -0.135. The molecule has 0 bridgehead atoms. The molecule has 2 aromatic rings. The van der Waals surface area contributed by atoms with Crippen molar-refractivity contribution in [1.29, 1.82) is 0 Å². The van der Waals surface area contributed by atoms with Gasteiger partial charge in [-0.3, -0.25) is 9.59 Å². The molecule has 0 unspecified atom stereocenters. The van der Waals surface area contributed by atoms with E-state index in [-0.39, 0.29) is 17.7 Å². The molecule has 1 fully saturated rings. The van der Waals surface area contributed by atoms with Crippen molar-refractivity contribution in [2.45, 2.75) is 46.5 Å². The average molecular weight is 370 g/mol. The summed E-state index contributed by atoms with van der Waals surface area (Å²) in [5.41, 5.74) is 3.60. The van der Waals surface area contributed by atoms with Gasteiger partial charge in [-0.15, -0.1) is 0 Å². The number of hydrogen-bond donors (Lipinski definition) is 1. The maximum absolute atomic E-state index is 12.8. The van der Waals surface area contributed by atoms with Crippen LogP contribution in [0.5, 0.6) is 0 Å². The summed E-state index contributed by atoms with van der Waals surface area (Å²) in [6.45, 7) is 8.98. The predicted molar refractivity (Wildman–Crippen MR) is 109 cm³/mol. The van der Waals surface area contributed by atoms with Crippen LogP contribution in [0.4, 0.5) is 0 Å². The molecule has 0 saturated carbocycles. The van der Waals surface area contributed by atoms with E-state index < -0.39 is 0 Å². The Morgan fingerprint density at radius 2 is 2.15 bits per heavy atom. The van der Waals surface area contributed by atoms with Crippen LogP contribution < -0.4 is 0 Å². The Morgan fingerprint density at radius 3 is 2.89 bits per heavy atom. The molecule has 1 aliphatic rings. The molecule has 0 radical (unpaired) electrons. The Bertz CT molecular complexity index is 811. The molecule has 2 amide bonds. The standard InChI is InChI=1S/C22H31N3O2/c1-4-6-10-24(5-2)22(27)18-13-21(26)25(15-18)11-9-17-14-23-20-8-7-16(3)12-19(17)20/h7-8,12,14,18,23H,4-6,9-11,13,15H2,1-3H3/t18-/m0/s1. The highest BCUT2D eigenvalue weighted by atomic mass is 16.2. The average Bonchev–Trinajstić information content (AvgIpc) is 3.23. The van der Waals surface area contributed by atoms with Crippen molar-refractivity contribution < 1.29 is 9.59 Å². The number of amides is 2. The summed E-state index contributed by atoms with van der Waals surface area (Å²) in [6, 6.07) is 6.38. The maximum atomic E-state index is 12.8. The number of likely N-dealkylation sites (tertiary alicyclic amines) is 1. The van der Waals surface area contributed by atoms with Crippen molar-refractivity contribution in [2.75, 3.05) is 26.2 Å². The first kappa shape index (κ1) is 19.5. The fraction of sp³-hybridized carbons (Fsp3) is 0.545. The van der Waals surface area contributed by atoms with E-state index >= 15 is 0 Å². The van der Waals surface area contributed by atoms with Gasteiger partial charge in [0.15, 0.2) is 0 Å². The fourth-order valence-corrected chi connectivity index (χ4v) is 3.94. The molecular formula is C22H31N3O2. The monoisotopic (exact) mass is 369 g/mol. The first-order valence-electron chi connectivity index (χ1n) is 10.2. The summed E-state index contributed by atoms with van der Waals surface area (Å²) in [5.74, 6) is 0.0694. The zero-order valence-corrected chi connectivity index (χ0v) is 16.8. The van der Waals surface area contributed by atoms with Crippen LogP contribution in [0.1, 0.15) is 44.2 Å². The third kappa shape index (κ3) is 4.34. The Morgan fingerprint density at radius 1 is 1.33 bits per heavy atom. The van der Waals surface area contributed by atoms with E-state index in [1.54, 1.807) is 0 Å². The number of H-pyrrole nitrogens is 1. The van der Waals surface area contributed by atoms with Gasteiger partial charge in [-0.2, -0.15) is 0 Å². The summed E-state index contributed by atoms with van der Waals surface area (Å²) in [4.78, 5) is 32.3. The van der Waals surface area contributed by atoms with Crippen molar-refractivity contribution in [3.05, 3.63) is 35.5 Å². The molecule has 1 aromatic carbocycles. The highest BCUT2D eigenvalue weighted by Gasteiger charge is 2.35. The SMILES string of the molecule is CCCCN(CC)C(=O)[C@H]1CC(=O)N(CCc2c[nH]c3ccc(C)cc23)C1. The van der Waals surface area contributed by atoms with Crippen LogP contribution in [0.25, 0.3) is 10.9 Å². The van der Waals surface area contributed by atoms with Gasteiger partial charge in [0.1, 0.15) is 0 Å². The molecule has 1 aliphatic heterocycles. The second-order valence-corrected chi connectivity index (χ2v) is 7.63. The van der Waals surface area contributed by atoms with Crippen LogP contribution in [0.3, 0.4) is 0 Å². The molecule has 1 N–H and O–H groups in total. The molecule has 1 saturated heterocycles. The second-order valence-electron chi connectivity index (χ2n) is 7.63. The summed E-state index contributed by atoms with van der Waals surface area (Å²) in [5, 5.41) is 1.23. The van der Waals surface area contributed by atoms with Crippen LogP contribution in [0.2, 0.25) is 0 Å². The largest absolute Gasteiger partial charge is 0.361 e. The number of rotatable bonds is 8. The first-order valence-corrected chi connectivity index (χ1v) is 10.2. The first-order chi connectivity index (χ1) is 13.0. The molecule has 1 aromatic heterocycles. The predicted octanol–water partition coefficient (Wildman–Crippen LogP) is 3.52. The number of fused-ring (bicyclic) bond motifs is 1. The van der Waals surface area contributed by atoms with Crippen LogP contribution in [-0.2, 0) is 16.0 Å². The van der Waals surface area contributed by atoms with Gasteiger partial charge < -0.3 is 14.8 Å². The topological polar surface area (TPSA) is 56.4 Å². The number of carbonyl (C=O) groups is 2. The van der Waals surface area contributed by atoms with E-state index in [4.69, 9.17) is 0 Å². The molecule has 146 valence electrons. The van der Waals surface area contributed by atoms with Gasteiger partial charge >= 0.3 is 0 Å². The molecule has 2 heterocycles. The van der Waals surface area contributed by atoms with E-state index in [0.29, 0.717) is 19.5 Å². The van der Waals surface area contributed by atoms with Gasteiger partial charge in [0, 0.05) is 49.7 Å². The van der Waals surface area contributed by atoms with Gasteiger partial charge in [-0.25, -0.2) is 0 Å². The Kier molecular flexibility index (Phi) is 6.19. The number of nitrogens with zero attached hydrogens (tertiary/aromatic N) is 2. The molecule has 0 spiro atoms. The number of aromatic amines is 1. The van der Waals surface area contributed by atoms with Crippen molar-refractivity contribution in [3.63, 3.8) is 0 Å². The normalized spacial score (nSPS) is 17.1. The third-order valence-corrected chi connectivity index (χ3v) is 5.61. The van der Waals surface area contributed by atoms with Crippen LogP contribution >= 0.6 is 0 Å². The number of nitrogens with one attached hydrogen (secondary N) is 1. The van der Waals surface area contributed by atoms with E-state index in [9.17, 15) is 9.59 Å². The van der Waals surface area contributed by atoms with Crippen LogP contribution in [0, 0.1) is 12.8 Å². The van der Waals surface area contributed by atoms with Crippen molar-refractivity contribution in [1.82, 2.24) is 14.8 Å². The number of carbonyl (C=O) groups excluding carboxylic acids is 2. The number of benzene rings is 1. The van der Waals surface area contributed by atoms with Gasteiger partial charge in [0.05, 0.1) is 5.92 Å².